The summed E-state index contributed by atoms with van der Waals surface area (Å²) in [5.41, 5.74) is 0.987. The molecule has 0 aromatic heterocycles. The number of anilines is 2. The lowest BCUT2D eigenvalue weighted by molar-refractivity contribution is -0.144. The average Bonchev–Trinajstić information content (AvgIpc) is 2.94. The van der Waals surface area contributed by atoms with Crippen molar-refractivity contribution in [3.8, 4) is 0 Å². The molecule has 2 N–H and O–H groups in total. The highest BCUT2D eigenvalue weighted by Gasteiger charge is 2.35. The number of rotatable bonds is 6. The van der Waals surface area contributed by atoms with Gasteiger partial charge in [0, 0.05) is 24.7 Å². The van der Waals surface area contributed by atoms with Gasteiger partial charge in [0.15, 0.2) is 0 Å². The van der Waals surface area contributed by atoms with Crippen molar-refractivity contribution >= 4 is 58.3 Å². The number of likely N-dealkylation sites (tertiary alicyclic amines) is 1. The summed E-state index contributed by atoms with van der Waals surface area (Å²) < 4.78 is 5.97. The lowest BCUT2D eigenvalue weighted by Gasteiger charge is -2.36. The molecule has 1 saturated carbocycles. The van der Waals surface area contributed by atoms with Crippen molar-refractivity contribution in [3.05, 3.63) is 58.1 Å². The topological polar surface area (TPSA) is 105 Å². The first-order chi connectivity index (χ1) is 19.5. The molecule has 8 nitrogen and oxygen atoms in total. The summed E-state index contributed by atoms with van der Waals surface area (Å²) in [6.45, 7) is 6.97. The van der Waals surface area contributed by atoms with E-state index in [1.807, 2.05) is 0 Å². The Kier molecular flexibility index (Phi) is 10.3. The van der Waals surface area contributed by atoms with Gasteiger partial charge in [-0.15, -0.1) is 0 Å². The van der Waals surface area contributed by atoms with Crippen LogP contribution >= 0.6 is 23.2 Å². The van der Waals surface area contributed by atoms with Crippen molar-refractivity contribution in [2.24, 2.45) is 23.7 Å². The number of amides is 3. The van der Waals surface area contributed by atoms with Crippen LogP contribution in [0.5, 0.6) is 0 Å². The van der Waals surface area contributed by atoms with Crippen LogP contribution in [0.1, 0.15) is 63.2 Å². The fourth-order valence-electron chi connectivity index (χ4n) is 5.70. The van der Waals surface area contributed by atoms with Gasteiger partial charge in [0.25, 0.3) is 0 Å². The zero-order valence-electron chi connectivity index (χ0n) is 23.6. The van der Waals surface area contributed by atoms with E-state index in [1.54, 1.807) is 42.5 Å². The van der Waals surface area contributed by atoms with Gasteiger partial charge in [-0.25, -0.2) is 4.79 Å². The lowest BCUT2D eigenvalue weighted by Crippen LogP contribution is -2.46. The SMILES string of the molecule is CC1CCC(C(C)C)C(OC(=O)c2ccccc2NC(=O)C(=O)N2CCC(C(=O)Nc3ccc(Cl)c(Cl)c3)CC2)C1. The molecule has 1 aliphatic heterocycles. The van der Waals surface area contributed by atoms with Crippen molar-refractivity contribution in [2.75, 3.05) is 23.7 Å². The quantitative estimate of drug-likeness (QED) is 0.293. The number of piperidine rings is 1. The van der Waals surface area contributed by atoms with E-state index in [9.17, 15) is 19.2 Å². The molecule has 1 saturated heterocycles. The highest BCUT2D eigenvalue weighted by atomic mass is 35.5. The molecule has 2 aromatic carbocycles. The number of benzene rings is 2. The minimum atomic E-state index is -0.838. The van der Waals surface area contributed by atoms with Gasteiger partial charge >= 0.3 is 17.8 Å². The summed E-state index contributed by atoms with van der Waals surface area (Å²) in [6, 6.07) is 11.4. The monoisotopic (exact) mass is 601 g/mol. The molecular formula is C31H37Cl2N3O5. The van der Waals surface area contributed by atoms with Crippen LogP contribution in [0.3, 0.4) is 0 Å². The third-order valence-electron chi connectivity index (χ3n) is 8.15. The van der Waals surface area contributed by atoms with Gasteiger partial charge in [-0.3, -0.25) is 14.4 Å². The smallest absolute Gasteiger partial charge is 0.340 e. The molecule has 4 rings (SSSR count). The number of halogens is 2. The first-order valence-electron chi connectivity index (χ1n) is 14.2. The first kappa shape index (κ1) is 30.8. The van der Waals surface area contributed by atoms with Crippen LogP contribution < -0.4 is 10.6 Å². The molecule has 2 aliphatic rings. The van der Waals surface area contributed by atoms with E-state index in [-0.39, 0.29) is 48.2 Å². The molecule has 1 aliphatic carbocycles. The molecule has 1 heterocycles. The maximum Gasteiger partial charge on any atom is 0.340 e. The van der Waals surface area contributed by atoms with Crippen molar-refractivity contribution < 1.29 is 23.9 Å². The van der Waals surface area contributed by atoms with Crippen molar-refractivity contribution in [3.63, 3.8) is 0 Å². The molecule has 0 bridgehead atoms. The van der Waals surface area contributed by atoms with Crippen LogP contribution in [0.25, 0.3) is 0 Å². The Bertz CT molecular complexity index is 1290. The van der Waals surface area contributed by atoms with Crippen LogP contribution in [0, 0.1) is 23.7 Å². The number of hydrogen-bond donors (Lipinski definition) is 2. The molecule has 0 spiro atoms. The molecule has 0 radical (unpaired) electrons. The molecule has 10 heteroatoms. The number of carbonyl (C=O) groups is 4. The minimum Gasteiger partial charge on any atom is -0.458 e. The Morgan fingerprint density at radius 3 is 2.32 bits per heavy atom. The van der Waals surface area contributed by atoms with Gasteiger partial charge in [0.1, 0.15) is 6.10 Å². The number of ether oxygens (including phenoxy) is 1. The first-order valence-corrected chi connectivity index (χ1v) is 14.9. The van der Waals surface area contributed by atoms with Gasteiger partial charge < -0.3 is 20.3 Å². The Labute approximate surface area is 251 Å². The highest BCUT2D eigenvalue weighted by Crippen LogP contribution is 2.36. The normalized spacial score (nSPS) is 21.3. The third kappa shape index (κ3) is 7.80. The predicted octanol–water partition coefficient (Wildman–Crippen LogP) is 6.43. The maximum atomic E-state index is 13.2. The van der Waals surface area contributed by atoms with Crippen LogP contribution in [-0.2, 0) is 19.1 Å². The van der Waals surface area contributed by atoms with E-state index in [4.69, 9.17) is 27.9 Å². The molecule has 2 aromatic rings. The van der Waals surface area contributed by atoms with Crippen molar-refractivity contribution in [2.45, 2.75) is 59.0 Å². The zero-order valence-corrected chi connectivity index (χ0v) is 25.1. The van der Waals surface area contributed by atoms with E-state index in [0.29, 0.717) is 40.4 Å². The molecule has 3 atom stereocenters. The molecular weight excluding hydrogens is 565 g/mol. The largest absolute Gasteiger partial charge is 0.458 e. The summed E-state index contributed by atoms with van der Waals surface area (Å²) in [6.07, 6.45) is 3.56. The van der Waals surface area contributed by atoms with E-state index in [2.05, 4.69) is 31.4 Å². The summed E-state index contributed by atoms with van der Waals surface area (Å²) in [4.78, 5) is 53.2. The zero-order chi connectivity index (χ0) is 29.7. The molecule has 3 amide bonds. The van der Waals surface area contributed by atoms with Gasteiger partial charge in [-0.05, 0) is 73.8 Å². The molecule has 220 valence electrons. The van der Waals surface area contributed by atoms with Crippen LogP contribution in [0.4, 0.5) is 11.4 Å². The maximum absolute atomic E-state index is 13.2. The highest BCUT2D eigenvalue weighted by molar-refractivity contribution is 6.42. The molecule has 41 heavy (non-hydrogen) atoms. The summed E-state index contributed by atoms with van der Waals surface area (Å²) in [7, 11) is 0. The van der Waals surface area contributed by atoms with Crippen LogP contribution in [0.2, 0.25) is 10.0 Å². The third-order valence-corrected chi connectivity index (χ3v) is 8.89. The van der Waals surface area contributed by atoms with Gasteiger partial charge in [0.2, 0.25) is 5.91 Å². The van der Waals surface area contributed by atoms with Crippen molar-refractivity contribution in [1.29, 1.82) is 0 Å². The lowest BCUT2D eigenvalue weighted by atomic mass is 9.75. The van der Waals surface area contributed by atoms with E-state index in [0.717, 1.165) is 19.3 Å². The minimum absolute atomic E-state index is 0.181. The summed E-state index contributed by atoms with van der Waals surface area (Å²) in [5.74, 6) is -1.41. The van der Waals surface area contributed by atoms with Crippen molar-refractivity contribution in [1.82, 2.24) is 4.90 Å². The molecule has 3 unspecified atom stereocenters. The van der Waals surface area contributed by atoms with E-state index >= 15 is 0 Å². The van der Waals surface area contributed by atoms with Crippen LogP contribution in [-0.4, -0.2) is 47.8 Å². The number of nitrogens with one attached hydrogen (secondary N) is 2. The number of nitrogens with zero attached hydrogens (tertiary/aromatic N) is 1. The van der Waals surface area contributed by atoms with Gasteiger partial charge in [-0.1, -0.05) is 62.5 Å². The number of hydrogen-bond acceptors (Lipinski definition) is 5. The van der Waals surface area contributed by atoms with E-state index < -0.39 is 17.8 Å². The summed E-state index contributed by atoms with van der Waals surface area (Å²) >= 11 is 12.0. The number of carbonyl (C=O) groups excluding carboxylic acids is 4. The predicted molar refractivity (Wildman–Crippen MR) is 160 cm³/mol. The summed E-state index contributed by atoms with van der Waals surface area (Å²) in [5, 5.41) is 6.18. The van der Waals surface area contributed by atoms with Gasteiger partial charge in [0.05, 0.1) is 21.3 Å². The Morgan fingerprint density at radius 1 is 0.927 bits per heavy atom. The average molecular weight is 603 g/mol. The Balaban J connectivity index is 1.33. The fraction of sp³-hybridized carbons (Fsp3) is 0.484. The van der Waals surface area contributed by atoms with E-state index in [1.165, 1.54) is 4.90 Å². The Morgan fingerprint density at radius 2 is 1.63 bits per heavy atom. The second-order valence-corrected chi connectivity index (χ2v) is 12.3. The standard InChI is InChI=1S/C31H37Cl2N3O5/c1-18(2)22-10-8-19(3)16-27(22)41-31(40)23-6-4-5-7-26(23)35-29(38)30(39)36-14-12-20(13-15-36)28(37)34-21-9-11-24(32)25(33)17-21/h4-7,9,11,17-20,22,27H,8,10,12-16H2,1-3H3,(H,34,37)(H,35,38). The number of para-hydroxylation sites is 1. The fourth-order valence-corrected chi connectivity index (χ4v) is 6.00. The molecule has 2 fully saturated rings. The second-order valence-electron chi connectivity index (χ2n) is 11.5. The Hall–Kier alpha value is -3.10. The van der Waals surface area contributed by atoms with Gasteiger partial charge in [-0.2, -0.15) is 0 Å². The second kappa shape index (κ2) is 13.7. The number of esters is 1. The van der Waals surface area contributed by atoms with Crippen LogP contribution in [0.15, 0.2) is 42.5 Å².